The molecule has 2 N–H and O–H groups in total. The number of hydrogen-bond acceptors (Lipinski definition) is 5. The Morgan fingerprint density at radius 2 is 2.11 bits per heavy atom. The van der Waals surface area contributed by atoms with Crippen LogP contribution in [0.5, 0.6) is 0 Å². The third-order valence-electron chi connectivity index (χ3n) is 3.30. The number of halogens is 3. The molecule has 5 nitrogen and oxygen atoms in total. The van der Waals surface area contributed by atoms with Gasteiger partial charge in [-0.2, -0.15) is 18.2 Å². The number of ether oxygens (including phenoxy) is 1. The van der Waals surface area contributed by atoms with Gasteiger partial charge in [0.2, 0.25) is 0 Å². The molecule has 0 amide bonds. The van der Waals surface area contributed by atoms with E-state index in [1.54, 1.807) is 0 Å². The van der Waals surface area contributed by atoms with Crippen LogP contribution in [0.15, 0.2) is 4.52 Å². The Balaban J connectivity index is 2.22. The molecule has 2 atom stereocenters. The summed E-state index contributed by atoms with van der Waals surface area (Å²) < 4.78 is 47.1. The number of nitrogens with two attached hydrogens (primary N) is 1. The van der Waals surface area contributed by atoms with E-state index in [4.69, 9.17) is 10.5 Å². The van der Waals surface area contributed by atoms with Crippen LogP contribution in [0.3, 0.4) is 0 Å². The average molecular weight is 279 g/mol. The summed E-state index contributed by atoms with van der Waals surface area (Å²) in [7, 11) is 0. The molecule has 0 radical (unpaired) electrons. The van der Waals surface area contributed by atoms with Crippen LogP contribution in [0.2, 0.25) is 0 Å². The van der Waals surface area contributed by atoms with Crippen molar-refractivity contribution < 1.29 is 22.4 Å². The third kappa shape index (κ3) is 2.89. The molecule has 0 aromatic carbocycles. The molecular weight excluding hydrogens is 263 g/mol. The first-order valence-corrected chi connectivity index (χ1v) is 6.04. The van der Waals surface area contributed by atoms with Crippen LogP contribution >= 0.6 is 0 Å². The van der Waals surface area contributed by atoms with Crippen molar-refractivity contribution >= 4 is 0 Å². The van der Waals surface area contributed by atoms with Crippen molar-refractivity contribution in [1.29, 1.82) is 0 Å². The van der Waals surface area contributed by atoms with E-state index in [0.717, 1.165) is 0 Å². The van der Waals surface area contributed by atoms with E-state index in [1.807, 2.05) is 13.8 Å². The third-order valence-corrected chi connectivity index (χ3v) is 3.30. The van der Waals surface area contributed by atoms with Crippen LogP contribution < -0.4 is 5.73 Å². The van der Waals surface area contributed by atoms with Crippen molar-refractivity contribution in [2.45, 2.75) is 44.5 Å². The zero-order valence-electron chi connectivity index (χ0n) is 10.7. The van der Waals surface area contributed by atoms with E-state index >= 15 is 0 Å². The molecular formula is C11H16F3N3O2. The lowest BCUT2D eigenvalue weighted by atomic mass is 9.83. The van der Waals surface area contributed by atoms with Gasteiger partial charge < -0.3 is 15.0 Å². The van der Waals surface area contributed by atoms with Gasteiger partial charge >= 0.3 is 12.1 Å². The summed E-state index contributed by atoms with van der Waals surface area (Å²) in [6, 6.07) is 0. The van der Waals surface area contributed by atoms with E-state index in [9.17, 15) is 13.2 Å². The Hall–Kier alpha value is -1.15. The van der Waals surface area contributed by atoms with Crippen LogP contribution in [-0.2, 0) is 16.5 Å². The zero-order chi connectivity index (χ0) is 14.3. The molecule has 2 heterocycles. The molecule has 8 heteroatoms. The van der Waals surface area contributed by atoms with E-state index in [0.29, 0.717) is 19.4 Å². The largest absolute Gasteiger partial charge is 0.471 e. The number of hydrogen-bond donors (Lipinski definition) is 1. The van der Waals surface area contributed by atoms with Crippen molar-refractivity contribution in [2.75, 3.05) is 6.61 Å². The second-order valence-electron chi connectivity index (χ2n) is 5.18. The summed E-state index contributed by atoms with van der Waals surface area (Å²) in [5, 5.41) is 3.39. The number of rotatable bonds is 2. The van der Waals surface area contributed by atoms with Gasteiger partial charge in [0.1, 0.15) is 0 Å². The fraction of sp³-hybridized carbons (Fsp3) is 0.818. The van der Waals surface area contributed by atoms with E-state index < -0.39 is 17.6 Å². The van der Waals surface area contributed by atoms with Crippen molar-refractivity contribution in [1.82, 2.24) is 10.1 Å². The number of alkyl halides is 3. The van der Waals surface area contributed by atoms with Crippen molar-refractivity contribution in [3.63, 3.8) is 0 Å². The molecule has 0 bridgehead atoms. The predicted molar refractivity (Wildman–Crippen MR) is 59.0 cm³/mol. The lowest BCUT2D eigenvalue weighted by Crippen LogP contribution is -2.47. The molecule has 19 heavy (non-hydrogen) atoms. The second-order valence-corrected chi connectivity index (χ2v) is 5.18. The van der Waals surface area contributed by atoms with Gasteiger partial charge in [-0.25, -0.2) is 0 Å². The Labute approximate surface area is 108 Å². The average Bonchev–Trinajstić information content (AvgIpc) is 2.78. The van der Waals surface area contributed by atoms with Gasteiger partial charge in [0.25, 0.3) is 0 Å². The molecule has 1 aliphatic heterocycles. The molecule has 1 aromatic rings. The predicted octanol–water partition coefficient (Wildman–Crippen LogP) is 2.08. The van der Waals surface area contributed by atoms with Crippen LogP contribution in [0.1, 0.15) is 38.4 Å². The first kappa shape index (κ1) is 14.3. The SMILES string of the molecule is CC(C)C1CC(N)(c2noc(C(F)(F)F)n2)CCO1. The minimum atomic E-state index is -4.65. The van der Waals surface area contributed by atoms with Gasteiger partial charge in [-0.05, 0) is 18.8 Å². The van der Waals surface area contributed by atoms with Crippen molar-refractivity contribution in [2.24, 2.45) is 11.7 Å². The zero-order valence-corrected chi connectivity index (χ0v) is 10.7. The van der Waals surface area contributed by atoms with Crippen LogP contribution in [0, 0.1) is 5.92 Å². The van der Waals surface area contributed by atoms with Gasteiger partial charge in [-0.1, -0.05) is 19.0 Å². The van der Waals surface area contributed by atoms with Crippen LogP contribution in [0.25, 0.3) is 0 Å². The highest BCUT2D eigenvalue weighted by molar-refractivity contribution is 5.07. The van der Waals surface area contributed by atoms with Gasteiger partial charge in [0, 0.05) is 6.61 Å². The fourth-order valence-electron chi connectivity index (χ4n) is 2.08. The molecule has 1 saturated heterocycles. The number of aromatic nitrogens is 2. The molecule has 0 spiro atoms. The molecule has 2 unspecified atom stereocenters. The molecule has 1 aromatic heterocycles. The number of nitrogens with zero attached hydrogens (tertiary/aromatic N) is 2. The highest BCUT2D eigenvalue weighted by atomic mass is 19.4. The first-order valence-electron chi connectivity index (χ1n) is 6.04. The minimum Gasteiger partial charge on any atom is -0.378 e. The summed E-state index contributed by atoms with van der Waals surface area (Å²) in [5.74, 6) is -1.24. The van der Waals surface area contributed by atoms with Gasteiger partial charge in [0.15, 0.2) is 5.82 Å². The topological polar surface area (TPSA) is 74.2 Å². The fourth-order valence-corrected chi connectivity index (χ4v) is 2.08. The molecule has 2 rings (SSSR count). The van der Waals surface area contributed by atoms with E-state index in [1.165, 1.54) is 0 Å². The van der Waals surface area contributed by atoms with Crippen LogP contribution in [0.4, 0.5) is 13.2 Å². The van der Waals surface area contributed by atoms with Gasteiger partial charge in [0.05, 0.1) is 11.6 Å². The maximum Gasteiger partial charge on any atom is 0.471 e. The van der Waals surface area contributed by atoms with Crippen LogP contribution in [-0.4, -0.2) is 22.9 Å². The van der Waals surface area contributed by atoms with Crippen molar-refractivity contribution in [3.8, 4) is 0 Å². The van der Waals surface area contributed by atoms with E-state index in [2.05, 4.69) is 14.7 Å². The second kappa shape index (κ2) is 4.75. The summed E-state index contributed by atoms with van der Waals surface area (Å²) in [6.07, 6.45) is -4.02. The summed E-state index contributed by atoms with van der Waals surface area (Å²) in [6.45, 7) is 4.30. The highest BCUT2D eigenvalue weighted by Crippen LogP contribution is 2.35. The lowest BCUT2D eigenvalue weighted by Gasteiger charge is -2.37. The van der Waals surface area contributed by atoms with Crippen molar-refractivity contribution in [3.05, 3.63) is 11.7 Å². The molecule has 108 valence electrons. The lowest BCUT2D eigenvalue weighted by molar-refractivity contribution is -0.159. The minimum absolute atomic E-state index is 0.103. The molecule has 0 aliphatic carbocycles. The Bertz CT molecular complexity index is 447. The van der Waals surface area contributed by atoms with Gasteiger partial charge in [-0.3, -0.25) is 0 Å². The molecule has 1 aliphatic rings. The monoisotopic (exact) mass is 279 g/mol. The standard InChI is InChI=1S/C11H16F3N3O2/c1-6(2)7-5-10(15,3-4-18-7)8-16-9(19-17-8)11(12,13)14/h6-7H,3-5,15H2,1-2H3. The Kier molecular flexibility index (Phi) is 3.57. The Morgan fingerprint density at radius 1 is 1.42 bits per heavy atom. The van der Waals surface area contributed by atoms with Gasteiger partial charge in [-0.15, -0.1) is 0 Å². The van der Waals surface area contributed by atoms with E-state index in [-0.39, 0.29) is 17.8 Å². The highest BCUT2D eigenvalue weighted by Gasteiger charge is 2.44. The first-order chi connectivity index (χ1) is 8.72. The summed E-state index contributed by atoms with van der Waals surface area (Å²) in [4.78, 5) is 3.39. The summed E-state index contributed by atoms with van der Waals surface area (Å²) in [5.41, 5.74) is 5.11. The summed E-state index contributed by atoms with van der Waals surface area (Å²) >= 11 is 0. The molecule has 0 saturated carbocycles. The smallest absolute Gasteiger partial charge is 0.378 e. The Morgan fingerprint density at radius 3 is 2.63 bits per heavy atom. The normalized spacial score (nSPS) is 28.9. The quantitative estimate of drug-likeness (QED) is 0.897. The maximum atomic E-state index is 12.4. The molecule has 1 fully saturated rings. The maximum absolute atomic E-state index is 12.4.